The van der Waals surface area contributed by atoms with Crippen molar-refractivity contribution in [3.05, 3.63) is 118 Å². The molecule has 6 nitrogen and oxygen atoms in total. The number of hydrogen-bond acceptors (Lipinski definition) is 5. The fourth-order valence-electron chi connectivity index (χ4n) is 4.56. The van der Waals surface area contributed by atoms with Crippen LogP contribution in [0.1, 0.15) is 33.3 Å². The van der Waals surface area contributed by atoms with Crippen molar-refractivity contribution in [2.24, 2.45) is 0 Å². The zero-order valence-electron chi connectivity index (χ0n) is 19.4. The maximum absolute atomic E-state index is 13.6. The number of methoxy groups -OCH3 is 1. The summed E-state index contributed by atoms with van der Waals surface area (Å²) in [7, 11) is 1.56. The topological polar surface area (TPSA) is 69.0 Å². The van der Waals surface area contributed by atoms with Crippen molar-refractivity contribution >= 4 is 16.9 Å². The Morgan fingerprint density at radius 3 is 2.54 bits per heavy atom. The molecule has 5 rings (SSSR count). The van der Waals surface area contributed by atoms with Gasteiger partial charge in [0.15, 0.2) is 16.9 Å². The third kappa shape index (κ3) is 4.08. The van der Waals surface area contributed by atoms with Crippen molar-refractivity contribution in [1.29, 1.82) is 0 Å². The lowest BCUT2D eigenvalue weighted by molar-refractivity contribution is 0.0730. The van der Waals surface area contributed by atoms with E-state index >= 15 is 0 Å². The van der Waals surface area contributed by atoms with Crippen LogP contribution < -0.4 is 14.9 Å². The maximum atomic E-state index is 13.6. The van der Waals surface area contributed by atoms with E-state index in [0.717, 1.165) is 11.1 Å². The molecule has 0 unspecified atom stereocenters. The van der Waals surface area contributed by atoms with Crippen molar-refractivity contribution in [3.63, 3.8) is 0 Å². The van der Waals surface area contributed by atoms with Gasteiger partial charge in [0, 0.05) is 6.54 Å². The summed E-state index contributed by atoms with van der Waals surface area (Å²) < 4.78 is 17.3. The van der Waals surface area contributed by atoms with Crippen LogP contribution in [-0.2, 0) is 6.42 Å². The maximum Gasteiger partial charge on any atom is 0.290 e. The molecule has 1 atom stereocenters. The molecule has 1 amide bonds. The molecule has 35 heavy (non-hydrogen) atoms. The normalized spacial score (nSPS) is 14.7. The number of para-hydroxylation sites is 1. The zero-order valence-corrected chi connectivity index (χ0v) is 19.4. The number of fused-ring (bicyclic) bond motifs is 2. The van der Waals surface area contributed by atoms with Crippen LogP contribution in [0.3, 0.4) is 0 Å². The SMILES string of the molecule is C=CCOc1ccc([C@H]2c3c(oc4ccccc4c3=O)C(=O)N2CCc2ccccc2)cc1OC. The molecule has 0 aliphatic carbocycles. The Balaban J connectivity index is 1.63. The highest BCUT2D eigenvalue weighted by Gasteiger charge is 2.42. The molecule has 2 heterocycles. The molecule has 1 aliphatic heterocycles. The van der Waals surface area contributed by atoms with Crippen molar-refractivity contribution < 1.29 is 18.7 Å². The standard InChI is InChI=1S/C29H25NO5/c1-3-17-34-23-14-13-20(18-24(23)33-2)26-25-27(31)21-11-7-8-12-22(21)35-28(25)29(32)30(26)16-15-19-9-5-4-6-10-19/h3-14,18,26H,1,15-17H2,2H3/t26-/m0/s1. The van der Waals surface area contributed by atoms with Crippen molar-refractivity contribution in [2.45, 2.75) is 12.5 Å². The van der Waals surface area contributed by atoms with Gasteiger partial charge in [-0.05, 0) is 41.8 Å². The van der Waals surface area contributed by atoms with Crippen LogP contribution in [0.2, 0.25) is 0 Å². The summed E-state index contributed by atoms with van der Waals surface area (Å²) in [6.07, 6.45) is 2.29. The monoisotopic (exact) mass is 467 g/mol. The van der Waals surface area contributed by atoms with Gasteiger partial charge in [-0.25, -0.2) is 0 Å². The van der Waals surface area contributed by atoms with Crippen LogP contribution in [-0.4, -0.2) is 31.1 Å². The summed E-state index contributed by atoms with van der Waals surface area (Å²) in [6, 6.07) is 21.8. The molecule has 4 aromatic rings. The molecule has 0 bridgehead atoms. The van der Waals surface area contributed by atoms with Crippen LogP contribution in [0.25, 0.3) is 11.0 Å². The van der Waals surface area contributed by atoms with E-state index < -0.39 is 6.04 Å². The lowest BCUT2D eigenvalue weighted by Crippen LogP contribution is -2.31. The third-order valence-electron chi connectivity index (χ3n) is 6.22. The minimum Gasteiger partial charge on any atom is -0.493 e. The number of carbonyl (C=O) groups excluding carboxylic acids is 1. The van der Waals surface area contributed by atoms with Crippen LogP contribution in [0.15, 0.2) is 94.7 Å². The van der Waals surface area contributed by atoms with Gasteiger partial charge in [0.1, 0.15) is 12.2 Å². The average Bonchev–Trinajstić information content (AvgIpc) is 3.18. The minimum absolute atomic E-state index is 0.0951. The molecular weight excluding hydrogens is 442 g/mol. The van der Waals surface area contributed by atoms with Crippen LogP contribution in [0.4, 0.5) is 0 Å². The fourth-order valence-corrected chi connectivity index (χ4v) is 4.56. The second-order valence-electron chi connectivity index (χ2n) is 8.32. The fraction of sp³-hybridized carbons (Fsp3) is 0.172. The van der Waals surface area contributed by atoms with Gasteiger partial charge in [-0.1, -0.05) is 61.2 Å². The lowest BCUT2D eigenvalue weighted by Gasteiger charge is -2.26. The largest absolute Gasteiger partial charge is 0.493 e. The van der Waals surface area contributed by atoms with Gasteiger partial charge < -0.3 is 18.8 Å². The highest BCUT2D eigenvalue weighted by Crippen LogP contribution is 2.41. The van der Waals surface area contributed by atoms with E-state index in [9.17, 15) is 9.59 Å². The molecule has 0 fully saturated rings. The van der Waals surface area contributed by atoms with Gasteiger partial charge in [0.05, 0.1) is 24.1 Å². The highest BCUT2D eigenvalue weighted by molar-refractivity contribution is 5.99. The van der Waals surface area contributed by atoms with Gasteiger partial charge in [0.2, 0.25) is 5.76 Å². The number of rotatable bonds is 8. The second-order valence-corrected chi connectivity index (χ2v) is 8.32. The van der Waals surface area contributed by atoms with E-state index in [1.165, 1.54) is 0 Å². The average molecular weight is 468 g/mol. The first-order valence-corrected chi connectivity index (χ1v) is 11.4. The Hall–Kier alpha value is -4.32. The molecule has 0 radical (unpaired) electrons. The summed E-state index contributed by atoms with van der Waals surface area (Å²) in [5, 5.41) is 0.451. The summed E-state index contributed by atoms with van der Waals surface area (Å²) >= 11 is 0. The second kappa shape index (κ2) is 9.50. The van der Waals surface area contributed by atoms with Gasteiger partial charge in [0.25, 0.3) is 5.91 Å². The number of carbonyl (C=O) groups is 1. The van der Waals surface area contributed by atoms with Gasteiger partial charge in [-0.15, -0.1) is 0 Å². The van der Waals surface area contributed by atoms with Crippen LogP contribution in [0.5, 0.6) is 11.5 Å². The van der Waals surface area contributed by atoms with Gasteiger partial charge in [-0.2, -0.15) is 0 Å². The molecule has 176 valence electrons. The zero-order chi connectivity index (χ0) is 24.4. The molecular formula is C29H25NO5. The van der Waals surface area contributed by atoms with E-state index in [0.29, 0.717) is 47.6 Å². The highest BCUT2D eigenvalue weighted by atomic mass is 16.5. The van der Waals surface area contributed by atoms with E-state index in [4.69, 9.17) is 13.9 Å². The van der Waals surface area contributed by atoms with E-state index in [-0.39, 0.29) is 17.1 Å². The Morgan fingerprint density at radius 1 is 1.00 bits per heavy atom. The Morgan fingerprint density at radius 2 is 1.77 bits per heavy atom. The quantitative estimate of drug-likeness (QED) is 0.335. The van der Waals surface area contributed by atoms with Crippen molar-refractivity contribution in [3.8, 4) is 11.5 Å². The predicted octanol–water partition coefficient (Wildman–Crippen LogP) is 5.15. The van der Waals surface area contributed by atoms with Crippen LogP contribution in [0, 0.1) is 0 Å². The smallest absolute Gasteiger partial charge is 0.290 e. The molecule has 1 aromatic heterocycles. The number of ether oxygens (including phenoxy) is 2. The summed E-state index contributed by atoms with van der Waals surface area (Å²) in [4.78, 5) is 28.9. The molecule has 6 heteroatoms. The molecule has 0 spiro atoms. The number of hydrogen-bond donors (Lipinski definition) is 0. The molecule has 1 aliphatic rings. The molecule has 3 aromatic carbocycles. The van der Waals surface area contributed by atoms with Crippen molar-refractivity contribution in [1.82, 2.24) is 4.90 Å². The lowest BCUT2D eigenvalue weighted by atomic mass is 9.97. The number of amides is 1. The van der Waals surface area contributed by atoms with E-state index in [2.05, 4.69) is 6.58 Å². The molecule has 0 saturated carbocycles. The Labute approximate surface area is 203 Å². The third-order valence-corrected chi connectivity index (χ3v) is 6.22. The number of benzene rings is 3. The Kier molecular flexibility index (Phi) is 6.10. The molecule has 0 saturated heterocycles. The first kappa shape index (κ1) is 22.5. The van der Waals surface area contributed by atoms with Gasteiger partial charge in [-0.3, -0.25) is 9.59 Å². The van der Waals surface area contributed by atoms with E-state index in [1.807, 2.05) is 42.5 Å². The van der Waals surface area contributed by atoms with Crippen LogP contribution >= 0.6 is 0 Å². The van der Waals surface area contributed by atoms with E-state index in [1.54, 1.807) is 48.4 Å². The van der Waals surface area contributed by atoms with Gasteiger partial charge >= 0.3 is 0 Å². The predicted molar refractivity (Wildman–Crippen MR) is 134 cm³/mol. The Bertz CT molecular complexity index is 1460. The minimum atomic E-state index is -0.607. The summed E-state index contributed by atoms with van der Waals surface area (Å²) in [5.41, 5.74) is 2.40. The first-order chi connectivity index (χ1) is 17.1. The summed E-state index contributed by atoms with van der Waals surface area (Å²) in [6.45, 7) is 4.43. The van der Waals surface area contributed by atoms with Crippen molar-refractivity contribution in [2.75, 3.05) is 20.3 Å². The first-order valence-electron chi connectivity index (χ1n) is 11.4. The number of nitrogens with zero attached hydrogens (tertiary/aromatic N) is 1. The summed E-state index contributed by atoms with van der Waals surface area (Å²) in [5.74, 6) is 0.868. The molecule has 0 N–H and O–H groups in total.